The highest BCUT2D eigenvalue weighted by atomic mass is 19.1. The molecule has 2 heterocycles. The molecule has 0 atom stereocenters. The zero-order valence-electron chi connectivity index (χ0n) is 19.4. The molecule has 1 saturated heterocycles. The van der Waals surface area contributed by atoms with Gasteiger partial charge in [0.25, 0.3) is 0 Å². The van der Waals surface area contributed by atoms with Crippen LogP contribution in [0.4, 0.5) is 14.6 Å². The number of benzene rings is 2. The van der Waals surface area contributed by atoms with Gasteiger partial charge in [0.15, 0.2) is 17.0 Å². The van der Waals surface area contributed by atoms with Gasteiger partial charge in [-0.3, -0.25) is 4.79 Å². The summed E-state index contributed by atoms with van der Waals surface area (Å²) >= 11 is 0. The molecule has 0 unspecified atom stereocenters. The van der Waals surface area contributed by atoms with Crippen LogP contribution in [0.1, 0.15) is 18.4 Å². The first-order chi connectivity index (χ1) is 16.3. The number of rotatable bonds is 5. The van der Waals surface area contributed by atoms with Gasteiger partial charge >= 0.3 is 0 Å². The van der Waals surface area contributed by atoms with Crippen LogP contribution in [0.5, 0.6) is 5.75 Å². The minimum absolute atomic E-state index is 0.0616. The molecule has 0 radical (unpaired) electrons. The minimum Gasteiger partial charge on any atom is -0.494 e. The van der Waals surface area contributed by atoms with E-state index in [1.165, 1.54) is 37.4 Å². The molecular formula is C26H26F2N4O2. The molecular weight excluding hydrogens is 438 g/mol. The zero-order chi connectivity index (χ0) is 24.4. The van der Waals surface area contributed by atoms with Crippen molar-refractivity contribution in [1.29, 1.82) is 5.26 Å². The van der Waals surface area contributed by atoms with Crippen molar-refractivity contribution in [2.45, 2.75) is 18.9 Å². The Balaban J connectivity index is 1.85. The fourth-order valence-electron chi connectivity index (χ4n) is 4.43. The average molecular weight is 465 g/mol. The summed E-state index contributed by atoms with van der Waals surface area (Å²) in [6.07, 6.45) is 1.89. The Morgan fingerprint density at radius 1 is 1.06 bits per heavy atom. The first-order valence-corrected chi connectivity index (χ1v) is 11.0. The lowest BCUT2D eigenvalue weighted by Gasteiger charge is -2.36. The van der Waals surface area contributed by atoms with Crippen LogP contribution in [0, 0.1) is 23.0 Å². The maximum atomic E-state index is 14.5. The van der Waals surface area contributed by atoms with Crippen LogP contribution in [0.2, 0.25) is 0 Å². The molecule has 8 heteroatoms. The number of pyridine rings is 1. The lowest BCUT2D eigenvalue weighted by molar-refractivity contribution is 0.249. The number of H-pyrrole nitrogens is 1. The standard InChI is InChI=1S/C26H26F2N4O2/c1-31(2)19-8-10-32(11-9-19)24-14-22(33)25(16-6-7-23(34-3)21(28)12-16)26(30-24)17-4-5-18(15-29)20(27)13-17/h4-7,12-14,19H,8-11H2,1-3H3,(H,30,33). The summed E-state index contributed by atoms with van der Waals surface area (Å²) in [6.45, 7) is 1.52. The van der Waals surface area contributed by atoms with Gasteiger partial charge in [0.1, 0.15) is 17.7 Å². The molecule has 1 N–H and O–H groups in total. The van der Waals surface area contributed by atoms with Crippen molar-refractivity contribution in [3.05, 3.63) is 69.9 Å². The summed E-state index contributed by atoms with van der Waals surface area (Å²) in [4.78, 5) is 21.0. The first kappa shape index (κ1) is 23.5. The van der Waals surface area contributed by atoms with Gasteiger partial charge in [0, 0.05) is 30.8 Å². The van der Waals surface area contributed by atoms with Gasteiger partial charge in [-0.2, -0.15) is 5.26 Å². The van der Waals surface area contributed by atoms with Crippen LogP contribution in [-0.2, 0) is 0 Å². The number of ether oxygens (including phenoxy) is 1. The lowest BCUT2D eigenvalue weighted by Crippen LogP contribution is -2.42. The third kappa shape index (κ3) is 4.52. The summed E-state index contributed by atoms with van der Waals surface area (Å²) in [7, 11) is 5.48. The Morgan fingerprint density at radius 3 is 2.32 bits per heavy atom. The largest absolute Gasteiger partial charge is 0.494 e. The molecule has 6 nitrogen and oxygen atoms in total. The molecule has 176 valence electrons. The highest BCUT2D eigenvalue weighted by Gasteiger charge is 2.24. The van der Waals surface area contributed by atoms with E-state index in [2.05, 4.69) is 28.9 Å². The number of methoxy groups -OCH3 is 1. The lowest BCUT2D eigenvalue weighted by atomic mass is 9.97. The number of piperidine rings is 1. The van der Waals surface area contributed by atoms with Crippen LogP contribution < -0.4 is 15.1 Å². The Labute approximate surface area is 197 Å². The van der Waals surface area contributed by atoms with E-state index < -0.39 is 11.6 Å². The fraction of sp³-hybridized carbons (Fsp3) is 0.308. The van der Waals surface area contributed by atoms with E-state index in [9.17, 15) is 13.6 Å². The molecule has 0 saturated carbocycles. The van der Waals surface area contributed by atoms with Crippen molar-refractivity contribution in [2.24, 2.45) is 0 Å². The number of nitrogens with one attached hydrogen (secondary N) is 1. The second-order valence-electron chi connectivity index (χ2n) is 8.61. The fourth-order valence-corrected chi connectivity index (χ4v) is 4.43. The Kier molecular flexibility index (Phi) is 6.66. The maximum absolute atomic E-state index is 14.5. The van der Waals surface area contributed by atoms with Crippen LogP contribution in [-0.4, -0.2) is 50.2 Å². The van der Waals surface area contributed by atoms with E-state index in [1.54, 1.807) is 18.2 Å². The van der Waals surface area contributed by atoms with Gasteiger partial charge in [0.2, 0.25) is 0 Å². The number of nitrogens with zero attached hydrogens (tertiary/aromatic N) is 3. The smallest absolute Gasteiger partial charge is 0.192 e. The Morgan fingerprint density at radius 2 is 1.74 bits per heavy atom. The Bertz CT molecular complexity index is 1310. The molecule has 3 aromatic rings. The van der Waals surface area contributed by atoms with Gasteiger partial charge in [-0.15, -0.1) is 0 Å². The van der Waals surface area contributed by atoms with E-state index >= 15 is 0 Å². The van der Waals surface area contributed by atoms with Gasteiger partial charge in [-0.1, -0.05) is 12.1 Å². The molecule has 0 spiro atoms. The molecule has 1 aliphatic heterocycles. The SMILES string of the molecule is COc1ccc(-c2c(-c3ccc(C#N)c(F)c3)[nH]c(N3CCC(N(C)C)CC3)cc2=O)cc1F. The molecule has 1 fully saturated rings. The van der Waals surface area contributed by atoms with E-state index in [0.29, 0.717) is 28.7 Å². The number of hydrogen-bond donors (Lipinski definition) is 1. The number of anilines is 1. The quantitative estimate of drug-likeness (QED) is 0.606. The third-order valence-corrected chi connectivity index (χ3v) is 6.37. The van der Waals surface area contributed by atoms with Crippen molar-refractivity contribution in [1.82, 2.24) is 9.88 Å². The van der Waals surface area contributed by atoms with Crippen LogP contribution in [0.15, 0.2) is 47.3 Å². The second kappa shape index (κ2) is 9.65. The van der Waals surface area contributed by atoms with Crippen LogP contribution >= 0.6 is 0 Å². The van der Waals surface area contributed by atoms with E-state index in [0.717, 1.165) is 25.9 Å². The van der Waals surface area contributed by atoms with Crippen LogP contribution in [0.25, 0.3) is 22.4 Å². The summed E-state index contributed by atoms with van der Waals surface area (Å²) in [5.74, 6) is -0.609. The van der Waals surface area contributed by atoms with Gasteiger partial charge in [-0.05, 0) is 56.8 Å². The molecule has 0 bridgehead atoms. The Hall–Kier alpha value is -3.70. The number of aromatic amines is 1. The van der Waals surface area contributed by atoms with Gasteiger partial charge in [-0.25, -0.2) is 8.78 Å². The van der Waals surface area contributed by atoms with Crippen molar-refractivity contribution >= 4 is 5.82 Å². The summed E-state index contributed by atoms with van der Waals surface area (Å²) in [5.41, 5.74) is 0.919. The van der Waals surface area contributed by atoms with Gasteiger partial charge in [0.05, 0.1) is 23.9 Å². The molecule has 2 aromatic carbocycles. The summed E-state index contributed by atoms with van der Waals surface area (Å²) < 4.78 is 34.0. The first-order valence-electron chi connectivity index (χ1n) is 11.0. The van der Waals surface area contributed by atoms with Crippen molar-refractivity contribution < 1.29 is 13.5 Å². The summed E-state index contributed by atoms with van der Waals surface area (Å²) in [6, 6.07) is 12.2. The molecule has 0 aliphatic carbocycles. The number of halogens is 2. The molecule has 4 rings (SSSR count). The average Bonchev–Trinajstić information content (AvgIpc) is 2.83. The number of hydrogen-bond acceptors (Lipinski definition) is 5. The molecule has 1 aliphatic rings. The van der Waals surface area contributed by atoms with Gasteiger partial charge < -0.3 is 19.5 Å². The summed E-state index contributed by atoms with van der Waals surface area (Å²) in [5, 5.41) is 9.10. The predicted octanol–water partition coefficient (Wildman–Crippen LogP) is 4.40. The zero-order valence-corrected chi connectivity index (χ0v) is 19.4. The second-order valence-corrected chi connectivity index (χ2v) is 8.61. The number of nitriles is 1. The topological polar surface area (TPSA) is 72.4 Å². The van der Waals surface area contributed by atoms with E-state index in [-0.39, 0.29) is 22.3 Å². The highest BCUT2D eigenvalue weighted by Crippen LogP contribution is 2.33. The number of aromatic nitrogens is 1. The monoisotopic (exact) mass is 464 g/mol. The van der Waals surface area contributed by atoms with Crippen LogP contribution in [0.3, 0.4) is 0 Å². The van der Waals surface area contributed by atoms with Crippen molar-refractivity contribution in [3.63, 3.8) is 0 Å². The maximum Gasteiger partial charge on any atom is 0.192 e. The molecule has 0 amide bonds. The van der Waals surface area contributed by atoms with E-state index in [4.69, 9.17) is 10.00 Å². The normalized spacial score (nSPS) is 14.3. The third-order valence-electron chi connectivity index (χ3n) is 6.37. The van der Waals surface area contributed by atoms with Crippen molar-refractivity contribution in [3.8, 4) is 34.2 Å². The minimum atomic E-state index is -0.690. The van der Waals surface area contributed by atoms with E-state index in [1.807, 2.05) is 0 Å². The van der Waals surface area contributed by atoms with Crippen molar-refractivity contribution in [2.75, 3.05) is 39.2 Å². The predicted molar refractivity (Wildman–Crippen MR) is 128 cm³/mol. The molecule has 1 aromatic heterocycles. The highest BCUT2D eigenvalue weighted by molar-refractivity contribution is 5.82. The molecule has 34 heavy (non-hydrogen) atoms.